The van der Waals surface area contributed by atoms with Crippen LogP contribution in [0.25, 0.3) is 0 Å². The lowest BCUT2D eigenvalue weighted by Gasteiger charge is -2.30. The summed E-state index contributed by atoms with van der Waals surface area (Å²) in [6, 6.07) is 12.5. The summed E-state index contributed by atoms with van der Waals surface area (Å²) >= 11 is 18.2. The molecule has 0 atom stereocenters. The van der Waals surface area contributed by atoms with Crippen LogP contribution in [0.2, 0.25) is 15.1 Å². The standard InChI is InChI=1S/C21H16Cl3N3O3S.C4H10O/c22-13-4-1-5-15(10-13)31(29,30)27-9-3-8-18-19(27)11-14(12-25-18)26-21(28)20-16(23)6-2-7-17(20)24;1-4(2,3)5/h1-2,4-7,10-12H,3,8-9H2,(H,26,28);5H,1-3H3. The van der Waals surface area contributed by atoms with Gasteiger partial charge in [0.15, 0.2) is 0 Å². The molecule has 1 aromatic heterocycles. The fourth-order valence-electron chi connectivity index (χ4n) is 3.38. The zero-order chi connectivity index (χ0) is 26.7. The minimum atomic E-state index is -3.85. The van der Waals surface area contributed by atoms with Crippen molar-refractivity contribution in [3.63, 3.8) is 0 Å². The fraction of sp³-hybridized carbons (Fsp3) is 0.280. The van der Waals surface area contributed by atoms with E-state index in [1.54, 1.807) is 57.2 Å². The summed E-state index contributed by atoms with van der Waals surface area (Å²) in [7, 11) is -3.85. The molecule has 4 rings (SSSR count). The van der Waals surface area contributed by atoms with E-state index >= 15 is 0 Å². The summed E-state index contributed by atoms with van der Waals surface area (Å²) in [5.74, 6) is -0.516. The molecule has 0 fully saturated rings. The number of amides is 1. The maximum Gasteiger partial charge on any atom is 0.264 e. The molecular formula is C25H26Cl3N3O4S. The molecule has 0 saturated carbocycles. The summed E-state index contributed by atoms with van der Waals surface area (Å²) < 4.78 is 27.8. The zero-order valence-electron chi connectivity index (χ0n) is 19.9. The van der Waals surface area contributed by atoms with Crippen LogP contribution in [-0.4, -0.2) is 36.6 Å². The van der Waals surface area contributed by atoms with Gasteiger partial charge in [0.25, 0.3) is 15.9 Å². The lowest BCUT2D eigenvalue weighted by atomic mass is 10.1. The predicted molar refractivity (Wildman–Crippen MR) is 145 cm³/mol. The third-order valence-corrected chi connectivity index (χ3v) is 7.50. The molecule has 1 aliphatic heterocycles. The molecule has 0 aliphatic carbocycles. The average molecular weight is 571 g/mol. The topological polar surface area (TPSA) is 99.6 Å². The fourth-order valence-corrected chi connectivity index (χ4v) is 5.77. The van der Waals surface area contributed by atoms with Crippen LogP contribution in [-0.2, 0) is 16.4 Å². The van der Waals surface area contributed by atoms with E-state index in [1.165, 1.54) is 22.6 Å². The van der Waals surface area contributed by atoms with Crippen LogP contribution in [0.1, 0.15) is 43.2 Å². The van der Waals surface area contributed by atoms with E-state index < -0.39 is 21.5 Å². The lowest BCUT2D eigenvalue weighted by molar-refractivity contribution is 0.101. The second-order valence-electron chi connectivity index (χ2n) is 9.05. The highest BCUT2D eigenvalue weighted by Crippen LogP contribution is 2.34. The minimum absolute atomic E-state index is 0.0881. The Labute approximate surface area is 226 Å². The zero-order valence-corrected chi connectivity index (χ0v) is 23.0. The van der Waals surface area contributed by atoms with Crippen molar-refractivity contribution in [2.45, 2.75) is 44.1 Å². The van der Waals surface area contributed by atoms with Crippen LogP contribution < -0.4 is 9.62 Å². The second kappa shape index (κ2) is 11.4. The van der Waals surface area contributed by atoms with Gasteiger partial charge in [-0.3, -0.25) is 14.1 Å². The van der Waals surface area contributed by atoms with Crippen molar-refractivity contribution in [1.29, 1.82) is 0 Å². The van der Waals surface area contributed by atoms with Gasteiger partial charge in [0.1, 0.15) is 0 Å². The third-order valence-electron chi connectivity index (χ3n) is 4.82. The van der Waals surface area contributed by atoms with E-state index in [-0.39, 0.29) is 27.0 Å². The monoisotopic (exact) mass is 569 g/mol. The molecule has 3 aromatic rings. The van der Waals surface area contributed by atoms with E-state index in [4.69, 9.17) is 39.9 Å². The van der Waals surface area contributed by atoms with Crippen LogP contribution in [0, 0.1) is 0 Å². The van der Waals surface area contributed by atoms with Crippen molar-refractivity contribution < 1.29 is 18.3 Å². The van der Waals surface area contributed by atoms with Crippen LogP contribution in [0.3, 0.4) is 0 Å². The second-order valence-corrected chi connectivity index (χ2v) is 12.2. The Morgan fingerprint density at radius 1 is 1.06 bits per heavy atom. The van der Waals surface area contributed by atoms with E-state index in [0.29, 0.717) is 34.9 Å². The molecule has 0 radical (unpaired) electrons. The normalized spacial score (nSPS) is 13.4. The number of aromatic nitrogens is 1. The molecule has 2 heterocycles. The number of anilines is 2. The van der Waals surface area contributed by atoms with E-state index in [2.05, 4.69) is 10.3 Å². The SMILES string of the molecule is CC(C)(C)O.O=C(Nc1cnc2c(c1)N(S(=O)(=O)c1cccc(Cl)c1)CCC2)c1c(Cl)cccc1Cl. The number of aryl methyl sites for hydroxylation is 1. The highest BCUT2D eigenvalue weighted by Gasteiger charge is 2.30. The number of rotatable bonds is 4. The maximum atomic E-state index is 13.3. The summed E-state index contributed by atoms with van der Waals surface area (Å²) in [4.78, 5) is 17.2. The quantitative estimate of drug-likeness (QED) is 0.388. The van der Waals surface area contributed by atoms with Gasteiger partial charge in [-0.1, -0.05) is 46.9 Å². The number of halogens is 3. The molecule has 1 aliphatic rings. The Morgan fingerprint density at radius 3 is 2.28 bits per heavy atom. The molecule has 0 bridgehead atoms. The van der Waals surface area contributed by atoms with Gasteiger partial charge < -0.3 is 10.4 Å². The molecule has 192 valence electrons. The Morgan fingerprint density at radius 2 is 1.67 bits per heavy atom. The van der Waals surface area contributed by atoms with Gasteiger partial charge in [0, 0.05) is 11.6 Å². The summed E-state index contributed by atoms with van der Waals surface area (Å²) in [6.45, 7) is 5.52. The van der Waals surface area contributed by atoms with Crippen molar-refractivity contribution in [3.8, 4) is 0 Å². The number of hydrogen-bond acceptors (Lipinski definition) is 5. The number of aliphatic hydroxyl groups is 1. The van der Waals surface area contributed by atoms with Gasteiger partial charge in [0.2, 0.25) is 0 Å². The molecule has 11 heteroatoms. The van der Waals surface area contributed by atoms with Gasteiger partial charge in [-0.05, 0) is 70.0 Å². The van der Waals surface area contributed by atoms with Crippen LogP contribution in [0.5, 0.6) is 0 Å². The van der Waals surface area contributed by atoms with Crippen molar-refractivity contribution in [3.05, 3.63) is 81.1 Å². The molecular weight excluding hydrogens is 545 g/mol. The first-order chi connectivity index (χ1) is 16.8. The molecule has 0 spiro atoms. The molecule has 2 aromatic carbocycles. The van der Waals surface area contributed by atoms with E-state index in [9.17, 15) is 13.2 Å². The number of sulfonamides is 1. The Hall–Kier alpha value is -2.36. The Bertz CT molecular complexity index is 1350. The van der Waals surface area contributed by atoms with Crippen LogP contribution in [0.4, 0.5) is 11.4 Å². The number of carbonyl (C=O) groups excluding carboxylic acids is 1. The molecule has 2 N–H and O–H groups in total. The predicted octanol–water partition coefficient (Wildman–Crippen LogP) is 6.21. The molecule has 0 unspecified atom stereocenters. The lowest BCUT2D eigenvalue weighted by Crippen LogP contribution is -2.36. The van der Waals surface area contributed by atoms with Gasteiger partial charge in [-0.2, -0.15) is 0 Å². The number of nitrogens with one attached hydrogen (secondary N) is 1. The number of hydrogen-bond donors (Lipinski definition) is 2. The van der Waals surface area contributed by atoms with Crippen LogP contribution in [0.15, 0.2) is 59.6 Å². The van der Waals surface area contributed by atoms with E-state index in [1.807, 2.05) is 0 Å². The molecule has 1 amide bonds. The summed E-state index contributed by atoms with van der Waals surface area (Å²) in [6.07, 6.45) is 2.74. The number of benzene rings is 2. The third kappa shape index (κ3) is 7.11. The first-order valence-corrected chi connectivity index (χ1v) is 13.6. The van der Waals surface area contributed by atoms with Crippen molar-refractivity contribution in [2.24, 2.45) is 0 Å². The number of carbonyl (C=O) groups is 1. The molecule has 0 saturated heterocycles. The van der Waals surface area contributed by atoms with Crippen LogP contribution >= 0.6 is 34.8 Å². The number of nitrogens with zero attached hydrogens (tertiary/aromatic N) is 2. The maximum absolute atomic E-state index is 13.3. The summed E-state index contributed by atoms with van der Waals surface area (Å²) in [5, 5.41) is 12.0. The summed E-state index contributed by atoms with van der Waals surface area (Å²) in [5.41, 5.74) is 1.000. The van der Waals surface area contributed by atoms with Gasteiger partial charge in [0.05, 0.1) is 49.4 Å². The average Bonchev–Trinajstić information content (AvgIpc) is 2.77. The molecule has 7 nitrogen and oxygen atoms in total. The van der Waals surface area contributed by atoms with Crippen molar-refractivity contribution in [1.82, 2.24) is 4.98 Å². The highest BCUT2D eigenvalue weighted by molar-refractivity contribution is 7.92. The van der Waals surface area contributed by atoms with Crippen molar-refractivity contribution in [2.75, 3.05) is 16.2 Å². The first kappa shape index (κ1) is 28.2. The van der Waals surface area contributed by atoms with Crippen molar-refractivity contribution >= 4 is 62.1 Å². The minimum Gasteiger partial charge on any atom is -0.391 e. The van der Waals surface area contributed by atoms with Gasteiger partial charge in [-0.15, -0.1) is 0 Å². The Kier molecular flexibility index (Phi) is 8.90. The van der Waals surface area contributed by atoms with E-state index in [0.717, 1.165) is 0 Å². The first-order valence-electron chi connectivity index (χ1n) is 11.0. The number of fused-ring (bicyclic) bond motifs is 1. The number of pyridine rings is 1. The smallest absolute Gasteiger partial charge is 0.264 e. The van der Waals surface area contributed by atoms with Gasteiger partial charge in [-0.25, -0.2) is 8.42 Å². The van der Waals surface area contributed by atoms with Gasteiger partial charge >= 0.3 is 0 Å². The molecule has 36 heavy (non-hydrogen) atoms. The highest BCUT2D eigenvalue weighted by atomic mass is 35.5. The Balaban J connectivity index is 0.000000658. The largest absolute Gasteiger partial charge is 0.391 e.